The number of anilines is 1. The zero-order chi connectivity index (χ0) is 15.4. The molecule has 0 saturated carbocycles. The molecule has 2 rings (SSSR count). The number of nitrogens with zero attached hydrogens (tertiary/aromatic N) is 2. The van der Waals surface area contributed by atoms with Crippen LogP contribution in [-0.2, 0) is 7.05 Å². The summed E-state index contributed by atoms with van der Waals surface area (Å²) in [5.74, 6) is 0.731. The summed E-state index contributed by atoms with van der Waals surface area (Å²) < 4.78 is 7.41. The molecule has 1 N–H and O–H groups in total. The molecular weight excluding hydrogens is 286 g/mol. The molecule has 0 bridgehead atoms. The summed E-state index contributed by atoms with van der Waals surface area (Å²) in [4.78, 5) is 0. The summed E-state index contributed by atoms with van der Waals surface area (Å²) in [6, 6.07) is 5.95. The molecule has 1 aromatic heterocycles. The van der Waals surface area contributed by atoms with Gasteiger partial charge in [-0.2, -0.15) is 5.10 Å². The Balaban J connectivity index is 2.09. The Morgan fingerprint density at radius 2 is 2.19 bits per heavy atom. The zero-order valence-electron chi connectivity index (χ0n) is 13.0. The van der Waals surface area contributed by atoms with E-state index in [1.54, 1.807) is 0 Å². The molecule has 0 aliphatic carbocycles. The van der Waals surface area contributed by atoms with Crippen LogP contribution in [0.25, 0.3) is 0 Å². The average Bonchev–Trinajstić information content (AvgIpc) is 2.77. The molecule has 0 aliphatic heterocycles. The molecule has 0 aliphatic rings. The second-order valence-electron chi connectivity index (χ2n) is 5.20. The van der Waals surface area contributed by atoms with Crippen molar-refractivity contribution in [1.29, 1.82) is 0 Å². The van der Waals surface area contributed by atoms with Crippen LogP contribution in [0.4, 0.5) is 5.69 Å². The third-order valence-electron chi connectivity index (χ3n) is 3.29. The van der Waals surface area contributed by atoms with E-state index in [1.807, 2.05) is 43.0 Å². The predicted octanol–water partition coefficient (Wildman–Crippen LogP) is 4.34. The number of hydrogen-bond acceptors (Lipinski definition) is 3. The molecule has 0 radical (unpaired) electrons. The van der Waals surface area contributed by atoms with E-state index in [1.165, 1.54) is 5.56 Å². The van der Waals surface area contributed by atoms with E-state index in [-0.39, 0.29) is 6.04 Å². The summed E-state index contributed by atoms with van der Waals surface area (Å²) in [6.07, 6.45) is 3.00. The van der Waals surface area contributed by atoms with Gasteiger partial charge in [-0.25, -0.2) is 0 Å². The number of rotatable bonds is 6. The van der Waals surface area contributed by atoms with Crippen LogP contribution in [0.5, 0.6) is 5.75 Å². The lowest BCUT2D eigenvalue weighted by Gasteiger charge is -2.16. The van der Waals surface area contributed by atoms with Gasteiger partial charge in [0.05, 0.1) is 23.4 Å². The van der Waals surface area contributed by atoms with Gasteiger partial charge in [-0.15, -0.1) is 0 Å². The van der Waals surface area contributed by atoms with Crippen LogP contribution >= 0.6 is 11.6 Å². The summed E-state index contributed by atoms with van der Waals surface area (Å²) in [5.41, 5.74) is 3.19. The lowest BCUT2D eigenvalue weighted by atomic mass is 10.1. The van der Waals surface area contributed by atoms with Gasteiger partial charge in [0.15, 0.2) is 0 Å². The second kappa shape index (κ2) is 6.85. The largest absolute Gasteiger partial charge is 0.492 e. The first kappa shape index (κ1) is 15.7. The van der Waals surface area contributed by atoms with Gasteiger partial charge in [0.1, 0.15) is 5.75 Å². The molecule has 1 heterocycles. The normalized spacial score (nSPS) is 12.2. The van der Waals surface area contributed by atoms with Gasteiger partial charge in [-0.3, -0.25) is 4.68 Å². The molecule has 1 atom stereocenters. The Hall–Kier alpha value is -1.68. The van der Waals surface area contributed by atoms with Crippen molar-refractivity contribution in [2.45, 2.75) is 33.2 Å². The minimum absolute atomic E-state index is 0.164. The summed E-state index contributed by atoms with van der Waals surface area (Å²) in [7, 11) is 1.93. The van der Waals surface area contributed by atoms with Crippen molar-refractivity contribution < 1.29 is 4.74 Å². The van der Waals surface area contributed by atoms with Gasteiger partial charge in [-0.05, 0) is 38.5 Å². The number of hydrogen-bond donors (Lipinski definition) is 1. The Morgan fingerprint density at radius 3 is 2.76 bits per heavy atom. The lowest BCUT2D eigenvalue weighted by molar-refractivity contribution is 0.317. The van der Waals surface area contributed by atoms with Crippen molar-refractivity contribution in [1.82, 2.24) is 9.78 Å². The number of aryl methyl sites for hydroxylation is 2. The second-order valence-corrected chi connectivity index (χ2v) is 5.61. The van der Waals surface area contributed by atoms with Crippen LogP contribution in [0.2, 0.25) is 5.02 Å². The lowest BCUT2D eigenvalue weighted by Crippen LogP contribution is -2.07. The zero-order valence-corrected chi connectivity index (χ0v) is 13.7. The van der Waals surface area contributed by atoms with E-state index in [0.29, 0.717) is 11.6 Å². The summed E-state index contributed by atoms with van der Waals surface area (Å²) in [6.45, 7) is 6.88. The Bertz CT molecular complexity index is 610. The fraction of sp³-hybridized carbons (Fsp3) is 0.438. The van der Waals surface area contributed by atoms with E-state index in [0.717, 1.165) is 23.6 Å². The number of halogens is 1. The summed E-state index contributed by atoms with van der Waals surface area (Å²) in [5, 5.41) is 8.44. The van der Waals surface area contributed by atoms with Crippen molar-refractivity contribution >= 4 is 17.3 Å². The van der Waals surface area contributed by atoms with Gasteiger partial charge in [0, 0.05) is 24.5 Å². The van der Waals surface area contributed by atoms with Crippen molar-refractivity contribution in [3.8, 4) is 5.75 Å². The van der Waals surface area contributed by atoms with Crippen molar-refractivity contribution in [2.75, 3.05) is 11.9 Å². The Kier molecular flexibility index (Phi) is 5.12. The molecule has 0 spiro atoms. The number of aromatic nitrogens is 2. The minimum atomic E-state index is 0.164. The highest BCUT2D eigenvalue weighted by Crippen LogP contribution is 2.30. The molecular formula is C16H22ClN3O. The van der Waals surface area contributed by atoms with Gasteiger partial charge in [-0.1, -0.05) is 18.5 Å². The molecule has 0 fully saturated rings. The predicted molar refractivity (Wildman–Crippen MR) is 87.2 cm³/mol. The van der Waals surface area contributed by atoms with Crippen LogP contribution in [0.15, 0.2) is 24.4 Å². The molecule has 114 valence electrons. The minimum Gasteiger partial charge on any atom is -0.492 e. The van der Waals surface area contributed by atoms with E-state index in [9.17, 15) is 0 Å². The van der Waals surface area contributed by atoms with Crippen LogP contribution < -0.4 is 10.1 Å². The Morgan fingerprint density at radius 1 is 1.43 bits per heavy atom. The van der Waals surface area contributed by atoms with Gasteiger partial charge >= 0.3 is 0 Å². The molecule has 5 heteroatoms. The maximum atomic E-state index is 6.25. The molecule has 21 heavy (non-hydrogen) atoms. The maximum absolute atomic E-state index is 6.25. The first-order valence-corrected chi connectivity index (χ1v) is 7.58. The molecule has 4 nitrogen and oxygen atoms in total. The molecule has 0 saturated heterocycles. The van der Waals surface area contributed by atoms with Crippen molar-refractivity contribution in [3.05, 3.63) is 40.7 Å². The average molecular weight is 308 g/mol. The fourth-order valence-corrected chi connectivity index (χ4v) is 2.53. The maximum Gasteiger partial charge on any atom is 0.138 e. The van der Waals surface area contributed by atoms with Crippen LogP contribution in [0.3, 0.4) is 0 Å². The van der Waals surface area contributed by atoms with E-state index < -0.39 is 0 Å². The van der Waals surface area contributed by atoms with Crippen LogP contribution in [0.1, 0.15) is 37.6 Å². The quantitative estimate of drug-likeness (QED) is 0.862. The van der Waals surface area contributed by atoms with Crippen LogP contribution in [0, 0.1) is 6.92 Å². The van der Waals surface area contributed by atoms with E-state index >= 15 is 0 Å². The smallest absolute Gasteiger partial charge is 0.138 e. The number of nitrogens with one attached hydrogen (secondary N) is 1. The first-order valence-electron chi connectivity index (χ1n) is 7.20. The summed E-state index contributed by atoms with van der Waals surface area (Å²) >= 11 is 6.25. The molecule has 1 aromatic carbocycles. The monoisotopic (exact) mass is 307 g/mol. The van der Waals surface area contributed by atoms with Crippen molar-refractivity contribution in [3.63, 3.8) is 0 Å². The third-order valence-corrected chi connectivity index (χ3v) is 3.59. The molecule has 2 aromatic rings. The van der Waals surface area contributed by atoms with Gasteiger partial charge in [0.25, 0.3) is 0 Å². The highest BCUT2D eigenvalue weighted by atomic mass is 35.5. The van der Waals surface area contributed by atoms with Gasteiger partial charge in [0.2, 0.25) is 0 Å². The molecule has 1 unspecified atom stereocenters. The van der Waals surface area contributed by atoms with Gasteiger partial charge < -0.3 is 10.1 Å². The first-order chi connectivity index (χ1) is 10.0. The fourth-order valence-electron chi connectivity index (χ4n) is 2.29. The number of benzene rings is 1. The SMILES string of the molecule is CCCOc1ccc(NC(C)c2cn(C)nc2C)cc1Cl. The molecule has 0 amide bonds. The standard InChI is InChI=1S/C16H22ClN3O/c1-5-8-21-16-7-6-13(9-15(16)17)18-11(2)14-10-20(4)19-12(14)3/h6-7,9-11,18H,5,8H2,1-4H3. The van der Waals surface area contributed by atoms with E-state index in [2.05, 4.69) is 24.3 Å². The van der Waals surface area contributed by atoms with E-state index in [4.69, 9.17) is 16.3 Å². The topological polar surface area (TPSA) is 39.1 Å². The highest BCUT2D eigenvalue weighted by Gasteiger charge is 2.12. The highest BCUT2D eigenvalue weighted by molar-refractivity contribution is 6.32. The van der Waals surface area contributed by atoms with Crippen LogP contribution in [-0.4, -0.2) is 16.4 Å². The van der Waals surface area contributed by atoms with Crippen molar-refractivity contribution in [2.24, 2.45) is 7.05 Å². The Labute approximate surface area is 131 Å². The third kappa shape index (κ3) is 3.91. The number of ether oxygens (including phenoxy) is 1.